The molecule has 8 heterocycles. The maximum atomic E-state index is 15.5. The maximum absolute atomic E-state index is 15.5. The van der Waals surface area contributed by atoms with E-state index in [1.165, 1.54) is 56.9 Å². The lowest BCUT2D eigenvalue weighted by atomic mass is 9.86. The first-order valence-corrected chi connectivity index (χ1v) is 41.2. The average Bonchev–Trinajstić information content (AvgIpc) is 1.62. The summed E-state index contributed by atoms with van der Waals surface area (Å²) < 4.78 is 103. The van der Waals surface area contributed by atoms with Gasteiger partial charge in [-0.05, 0) is 182 Å². The lowest BCUT2D eigenvalue weighted by Crippen LogP contribution is -2.30. The first-order chi connectivity index (χ1) is 57.8. The molecule has 21 nitrogen and oxygen atoms in total. The van der Waals surface area contributed by atoms with E-state index in [0.29, 0.717) is 127 Å². The van der Waals surface area contributed by atoms with Crippen LogP contribution in [0.25, 0.3) is 33.1 Å². The molecule has 29 heteroatoms. The predicted octanol–water partition coefficient (Wildman–Crippen LogP) is 17.9. The van der Waals surface area contributed by atoms with Crippen LogP contribution in [0.3, 0.4) is 0 Å². The fraction of sp³-hybridized carbons (Fsp3) is 0.289. The van der Waals surface area contributed by atoms with Crippen molar-refractivity contribution in [3.05, 3.63) is 289 Å². The van der Waals surface area contributed by atoms with Crippen molar-refractivity contribution in [2.24, 2.45) is 0 Å². The molecule has 4 fully saturated rings. The van der Waals surface area contributed by atoms with Gasteiger partial charge in [0.1, 0.15) is 66.1 Å². The molecule has 0 unspecified atom stereocenters. The molecule has 0 saturated carbocycles. The number of aliphatic hydroxyl groups is 1. The molecule has 624 valence electrons. The Hall–Kier alpha value is -10.2. The average molecular weight is 1820 g/mol. The molecule has 4 aromatic heterocycles. The molecule has 119 heavy (non-hydrogen) atoms. The van der Waals surface area contributed by atoms with Crippen LogP contribution < -0.4 is 29.6 Å². The summed E-state index contributed by atoms with van der Waals surface area (Å²) in [5, 5.41) is 37.6. The number of ether oxygens (including phenoxy) is 9. The number of halogens is 7. The maximum Gasteiger partial charge on any atom is 0.505 e. The molecule has 8 aromatic carbocycles. The molecule has 12 aromatic rings. The number of phenols is 1. The topological polar surface area (TPSA) is 262 Å². The quantitative estimate of drug-likeness (QED) is 0.0187. The first-order valence-electron chi connectivity index (χ1n) is 38.8. The number of fused-ring (bicyclic) bond motifs is 2. The number of carbonyl (C=O) groups excluding carboxylic acids is 2. The van der Waals surface area contributed by atoms with E-state index in [1.807, 2.05) is 97.1 Å². The first kappa shape index (κ1) is 89.6. The summed E-state index contributed by atoms with van der Waals surface area (Å²) in [7, 11) is 0.928. The lowest BCUT2D eigenvalue weighted by molar-refractivity contribution is 0.0591. The van der Waals surface area contributed by atoms with Crippen LogP contribution in [0.5, 0.6) is 23.0 Å². The van der Waals surface area contributed by atoms with Gasteiger partial charge in [-0.25, -0.2) is 37.1 Å². The summed E-state index contributed by atoms with van der Waals surface area (Å²) in [6, 6.07) is 61.8. The van der Waals surface area contributed by atoms with Gasteiger partial charge in [0.25, 0.3) is 0 Å². The molecular formula is C90H92BBr3F4N6O15. The third-order valence-corrected chi connectivity index (χ3v) is 21.3. The van der Waals surface area contributed by atoms with E-state index in [1.54, 1.807) is 48.5 Å². The van der Waals surface area contributed by atoms with Gasteiger partial charge in [0, 0.05) is 117 Å². The van der Waals surface area contributed by atoms with Gasteiger partial charge in [-0.2, -0.15) is 0 Å². The number of anilines is 2. The molecule has 4 saturated heterocycles. The highest BCUT2D eigenvalue weighted by Gasteiger charge is 2.27. The largest absolute Gasteiger partial charge is 0.508 e. The highest BCUT2D eigenvalue weighted by molar-refractivity contribution is 9.11. The van der Waals surface area contributed by atoms with Gasteiger partial charge in [-0.3, -0.25) is 0 Å². The van der Waals surface area contributed by atoms with Crippen molar-refractivity contribution in [2.45, 2.75) is 102 Å². The number of rotatable bonds is 24. The van der Waals surface area contributed by atoms with Crippen LogP contribution >= 0.6 is 47.8 Å². The van der Waals surface area contributed by atoms with Crippen molar-refractivity contribution < 1.29 is 90.0 Å². The molecule has 4 aliphatic rings. The second-order valence-corrected chi connectivity index (χ2v) is 30.6. The summed E-state index contributed by atoms with van der Waals surface area (Å²) in [6.07, 6.45) is 11.9. The molecular weight excluding hydrogens is 1730 g/mol. The van der Waals surface area contributed by atoms with Gasteiger partial charge in [-0.15, -0.1) is 0 Å². The number of nitrogens with zero attached hydrogens (tertiary/aromatic N) is 4. The predicted molar refractivity (Wildman–Crippen MR) is 459 cm³/mol. The monoisotopic (exact) mass is 1820 g/mol. The minimum Gasteiger partial charge on any atom is -0.508 e. The van der Waals surface area contributed by atoms with Crippen LogP contribution in [0.2, 0.25) is 0 Å². The van der Waals surface area contributed by atoms with Crippen molar-refractivity contribution in [3.63, 3.8) is 0 Å². The number of benzene rings is 8. The van der Waals surface area contributed by atoms with Crippen molar-refractivity contribution in [2.75, 3.05) is 76.9 Å². The van der Waals surface area contributed by atoms with Crippen LogP contribution in [0.4, 0.5) is 29.2 Å². The summed E-state index contributed by atoms with van der Waals surface area (Å²) in [4.78, 5) is 44.9. The molecule has 0 radical (unpaired) electrons. The van der Waals surface area contributed by atoms with E-state index < -0.39 is 30.7 Å². The number of aromatic hydroxyl groups is 1. The Bertz CT molecular complexity index is 5040. The number of aromatic amines is 2. The Labute approximate surface area is 713 Å². The van der Waals surface area contributed by atoms with E-state index in [0.717, 1.165) is 106 Å². The number of esters is 2. The number of aliphatic hydroxyl groups excluding tert-OH is 1. The molecule has 4 aliphatic heterocycles. The van der Waals surface area contributed by atoms with Crippen LogP contribution in [0.15, 0.2) is 232 Å². The minimum atomic E-state index is -1.71. The second kappa shape index (κ2) is 45.8. The minimum absolute atomic E-state index is 0.0406. The molecule has 0 bridgehead atoms. The number of carbonyl (C=O) groups is 2. The zero-order chi connectivity index (χ0) is 84.0. The third kappa shape index (κ3) is 26.7. The Morgan fingerprint density at radius 1 is 0.462 bits per heavy atom. The Morgan fingerprint density at radius 3 is 1.14 bits per heavy atom. The van der Waals surface area contributed by atoms with Crippen LogP contribution in [0.1, 0.15) is 94.3 Å². The lowest BCUT2D eigenvalue weighted by Gasteiger charge is -2.25. The van der Waals surface area contributed by atoms with E-state index in [-0.39, 0.29) is 59.6 Å². The summed E-state index contributed by atoms with van der Waals surface area (Å²) in [5.74, 6) is 0.169. The number of nitrogens with one attached hydrogen (secondary N) is 2. The Kier molecular flexibility index (Phi) is 34.5. The third-order valence-electron chi connectivity index (χ3n) is 19.4. The number of H-pyrrole nitrogens is 2. The number of hydrogen-bond acceptors (Lipinski definition) is 19. The summed E-state index contributed by atoms with van der Waals surface area (Å²) in [5.41, 5.74) is 7.18. The summed E-state index contributed by atoms with van der Waals surface area (Å²) >= 11 is 9.13. The van der Waals surface area contributed by atoms with E-state index in [2.05, 4.69) is 96.8 Å². The van der Waals surface area contributed by atoms with E-state index in [4.69, 9.17) is 57.8 Å². The molecule has 16 rings (SSSR count). The molecule has 0 aliphatic carbocycles. The molecule has 0 spiro atoms. The van der Waals surface area contributed by atoms with Gasteiger partial charge in [0.2, 0.25) is 0 Å². The number of phenolic OH excluding ortho intramolecular Hbond substituents is 1. The highest BCUT2D eigenvalue weighted by Crippen LogP contribution is 2.37. The van der Waals surface area contributed by atoms with Crippen molar-refractivity contribution in [1.82, 2.24) is 19.9 Å². The molecule has 0 amide bonds. The SMILES string of the molecule is COC(=O)c1cnc(N(Cc2ccccc2)Cc2ccccc2)c2[nH]c(-c3ccc(OC[C@@H]4CCCO4)cc3F)cc12.COC(=O)c1cnc(N(Cc2ccccc2)Cc2ccccc2)c2[nH]c(B(O)O)cc12.Fc1cc(OC[C@@H]2CCCO2)ccc1Br.Fc1cc(OC[C@@H]2CCCO2)ccc1Br.OC[C@@H]1CCCO1.Oc1ccc(Br)c(F)c1. The standard InChI is InChI=1S/C34H32FN3O4.C23H22BN3O4.2C11H12BrFO2.C6H4BrFO.C5H10O2/c1-40-34(39)29-19-36-33(38(20-23-9-4-2-5-10-23)21-24-11-6-3-7-12-24)32-28(29)18-31(37-32)27-15-14-25(17-30(27)35)42-22-26-13-8-16-41-26;1-31-23(28)19-13-25-22(21-18(19)12-20(26-21)24(29)30)27(14-16-8-4-2-5-9-16)15-17-10-6-3-7-11-17;2*12-10-4-3-8(6-11(10)13)15-7-9-2-1-5-14-9;7-5-2-1-4(9)3-6(5)8;6-4-5-2-1-3-7-5/h2-7,9-12,14-15,17-19,26,37H,8,13,16,20-22H2,1H3;2-13,26,29-30H,14-15H2,1H3;2*3-4,6,9H,1-2,5,7H2;1-3,9H;5-6H,1-4H2/t26-;;2*9-;;5-/m0.00.0/s1. The van der Waals surface area contributed by atoms with Gasteiger partial charge in [-0.1, -0.05) is 121 Å². The number of aromatic nitrogens is 4. The number of pyridine rings is 2. The second-order valence-electron chi connectivity index (χ2n) is 28.0. The van der Waals surface area contributed by atoms with Crippen molar-refractivity contribution in [3.8, 4) is 34.3 Å². The van der Waals surface area contributed by atoms with Crippen LogP contribution in [0, 0.1) is 23.3 Å². The van der Waals surface area contributed by atoms with Crippen molar-refractivity contribution >= 4 is 106 Å². The van der Waals surface area contributed by atoms with E-state index in [9.17, 15) is 32.8 Å². The Balaban J connectivity index is 0.000000156. The van der Waals surface area contributed by atoms with Crippen molar-refractivity contribution in [1.29, 1.82) is 0 Å². The number of hydrogen-bond donors (Lipinski definition) is 6. The zero-order valence-corrected chi connectivity index (χ0v) is 70.3. The fourth-order valence-corrected chi connectivity index (χ4v) is 14.0. The van der Waals surface area contributed by atoms with Gasteiger partial charge in [0.05, 0.1) is 80.8 Å². The van der Waals surface area contributed by atoms with Crippen LogP contribution in [-0.2, 0) is 54.6 Å². The van der Waals surface area contributed by atoms with E-state index >= 15 is 4.39 Å². The fourth-order valence-electron chi connectivity index (χ4n) is 13.3. The zero-order valence-electron chi connectivity index (χ0n) is 65.5. The van der Waals surface area contributed by atoms with Crippen LogP contribution in [-0.4, -0.2) is 151 Å². The van der Waals surface area contributed by atoms with Gasteiger partial charge < -0.3 is 82.7 Å². The highest BCUT2D eigenvalue weighted by atomic mass is 79.9. The van der Waals surface area contributed by atoms with Gasteiger partial charge >= 0.3 is 19.1 Å². The molecule has 6 N–H and O–H groups in total. The molecule has 4 atom stereocenters. The number of methoxy groups -OCH3 is 2. The Morgan fingerprint density at radius 2 is 0.815 bits per heavy atom. The smallest absolute Gasteiger partial charge is 0.505 e. The normalized spacial score (nSPS) is 15.7. The van der Waals surface area contributed by atoms with Gasteiger partial charge in [0.15, 0.2) is 11.6 Å². The summed E-state index contributed by atoms with van der Waals surface area (Å²) in [6.45, 7) is 7.08.